The molecule has 1 amide bonds. The van der Waals surface area contributed by atoms with Gasteiger partial charge in [0.2, 0.25) is 0 Å². The van der Waals surface area contributed by atoms with Crippen molar-refractivity contribution in [2.75, 3.05) is 30.4 Å². The van der Waals surface area contributed by atoms with Crippen LogP contribution in [-0.4, -0.2) is 36.0 Å². The minimum absolute atomic E-state index is 0.0651. The molecule has 1 aromatic heterocycles. The molecule has 4 aromatic rings. The van der Waals surface area contributed by atoms with Crippen molar-refractivity contribution < 1.29 is 14.5 Å². The van der Waals surface area contributed by atoms with Crippen molar-refractivity contribution in [3.63, 3.8) is 0 Å². The fourth-order valence-electron chi connectivity index (χ4n) is 4.17. The predicted octanol–water partition coefficient (Wildman–Crippen LogP) is 5.73. The molecule has 9 heteroatoms. The maximum Gasteiger partial charge on any atom is 0.293 e. The van der Waals surface area contributed by atoms with Crippen LogP contribution >= 0.6 is 11.3 Å². The molecular weight excluding hydrogens is 452 g/mol. The number of methoxy groups -OCH3 is 1. The van der Waals surface area contributed by atoms with Gasteiger partial charge in [-0.05, 0) is 55.3 Å². The summed E-state index contributed by atoms with van der Waals surface area (Å²) in [4.78, 5) is 31.0. The molecule has 0 unspecified atom stereocenters. The highest BCUT2D eigenvalue weighted by Crippen LogP contribution is 2.36. The van der Waals surface area contributed by atoms with Crippen molar-refractivity contribution in [1.82, 2.24) is 4.98 Å². The summed E-state index contributed by atoms with van der Waals surface area (Å²) in [5.74, 6) is 0.0391. The van der Waals surface area contributed by atoms with E-state index < -0.39 is 10.8 Å². The number of amides is 1. The van der Waals surface area contributed by atoms with E-state index in [9.17, 15) is 14.9 Å². The highest BCUT2D eigenvalue weighted by Gasteiger charge is 2.24. The molecule has 34 heavy (non-hydrogen) atoms. The molecule has 0 radical (unpaired) electrons. The molecule has 0 spiro atoms. The van der Waals surface area contributed by atoms with Gasteiger partial charge in [-0.15, -0.1) is 11.3 Å². The van der Waals surface area contributed by atoms with Gasteiger partial charge in [-0.3, -0.25) is 14.9 Å². The Kier molecular flexibility index (Phi) is 5.85. The van der Waals surface area contributed by atoms with Gasteiger partial charge in [0, 0.05) is 30.3 Å². The topological polar surface area (TPSA) is 97.6 Å². The normalized spacial score (nSPS) is 13.3. The zero-order valence-corrected chi connectivity index (χ0v) is 19.3. The van der Waals surface area contributed by atoms with Gasteiger partial charge in [-0.25, -0.2) is 4.98 Å². The van der Waals surface area contributed by atoms with Crippen molar-refractivity contribution in [3.8, 4) is 16.3 Å². The van der Waals surface area contributed by atoms with Crippen molar-refractivity contribution in [3.05, 3.63) is 76.3 Å². The standard InChI is InChI=1S/C25H22N4O4S/c1-33-22-11-9-17(25-27-18-6-2-3-7-23(18)34-25)14-19(22)26-24(30)16-8-10-20(21(15-16)29(31)32)28-12-4-5-13-28/h2-3,6-11,14-15H,4-5,12-13H2,1H3,(H,26,30). The predicted molar refractivity (Wildman–Crippen MR) is 134 cm³/mol. The van der Waals surface area contributed by atoms with Crippen LogP contribution in [0.25, 0.3) is 20.8 Å². The van der Waals surface area contributed by atoms with Gasteiger partial charge >= 0.3 is 0 Å². The first-order valence-corrected chi connectivity index (χ1v) is 11.7. The van der Waals surface area contributed by atoms with Crippen LogP contribution in [0.4, 0.5) is 17.1 Å². The molecule has 1 aliphatic heterocycles. The number of nitrogens with zero attached hydrogens (tertiary/aromatic N) is 3. The summed E-state index contributed by atoms with van der Waals surface area (Å²) in [7, 11) is 1.53. The number of ether oxygens (including phenoxy) is 1. The highest BCUT2D eigenvalue weighted by atomic mass is 32.1. The molecule has 1 fully saturated rings. The number of carbonyl (C=O) groups excluding carboxylic acids is 1. The van der Waals surface area contributed by atoms with Gasteiger partial charge in [0.05, 0.1) is 27.9 Å². The van der Waals surface area contributed by atoms with E-state index in [1.165, 1.54) is 13.2 Å². The quantitative estimate of drug-likeness (QED) is 0.283. The van der Waals surface area contributed by atoms with E-state index in [0.717, 1.165) is 46.7 Å². The second kappa shape index (κ2) is 9.11. The van der Waals surface area contributed by atoms with Crippen LogP contribution in [0.1, 0.15) is 23.2 Å². The van der Waals surface area contributed by atoms with E-state index in [1.54, 1.807) is 29.5 Å². The van der Waals surface area contributed by atoms with E-state index in [-0.39, 0.29) is 11.3 Å². The maximum absolute atomic E-state index is 13.1. The van der Waals surface area contributed by atoms with Gasteiger partial charge in [0.25, 0.3) is 11.6 Å². The lowest BCUT2D eigenvalue weighted by molar-refractivity contribution is -0.384. The number of nitrogens with one attached hydrogen (secondary N) is 1. The third kappa shape index (κ3) is 4.17. The lowest BCUT2D eigenvalue weighted by Gasteiger charge is -2.18. The van der Waals surface area contributed by atoms with E-state index in [2.05, 4.69) is 10.3 Å². The number of hydrogen-bond donors (Lipinski definition) is 1. The van der Waals surface area contributed by atoms with Crippen LogP contribution in [0.5, 0.6) is 5.75 Å². The molecule has 0 saturated carbocycles. The second-order valence-corrected chi connectivity index (χ2v) is 9.04. The summed E-state index contributed by atoms with van der Waals surface area (Å²) in [5, 5.41) is 15.4. The number of nitro benzene ring substituents is 1. The molecule has 5 rings (SSSR count). The average Bonchev–Trinajstić information content (AvgIpc) is 3.54. The number of anilines is 2. The molecule has 3 aromatic carbocycles. The van der Waals surface area contributed by atoms with Gasteiger partial charge in [0.15, 0.2) is 0 Å². The zero-order chi connectivity index (χ0) is 23.7. The summed E-state index contributed by atoms with van der Waals surface area (Å²) < 4.78 is 6.51. The number of rotatable bonds is 6. The second-order valence-electron chi connectivity index (χ2n) is 8.01. The molecule has 1 aliphatic rings. The molecule has 172 valence electrons. The number of benzene rings is 3. The van der Waals surface area contributed by atoms with Crippen LogP contribution in [0.15, 0.2) is 60.7 Å². The number of nitro groups is 1. The lowest BCUT2D eigenvalue weighted by Crippen LogP contribution is -2.20. The Labute approximate surface area is 200 Å². The number of para-hydroxylation sites is 1. The van der Waals surface area contributed by atoms with Crippen LogP contribution < -0.4 is 15.0 Å². The van der Waals surface area contributed by atoms with Gasteiger partial charge in [-0.1, -0.05) is 12.1 Å². The SMILES string of the molecule is COc1ccc(-c2nc3ccccc3s2)cc1NC(=O)c1ccc(N2CCCC2)c([N+](=O)[O-])c1. The summed E-state index contributed by atoms with van der Waals surface area (Å²) >= 11 is 1.56. The zero-order valence-electron chi connectivity index (χ0n) is 18.5. The largest absolute Gasteiger partial charge is 0.495 e. The van der Waals surface area contributed by atoms with Gasteiger partial charge < -0.3 is 15.0 Å². The van der Waals surface area contributed by atoms with Crippen LogP contribution in [0.2, 0.25) is 0 Å². The Morgan fingerprint density at radius 3 is 2.65 bits per heavy atom. The summed E-state index contributed by atoms with van der Waals surface area (Å²) in [6.07, 6.45) is 2.01. The Morgan fingerprint density at radius 2 is 1.91 bits per heavy atom. The third-order valence-electron chi connectivity index (χ3n) is 5.87. The monoisotopic (exact) mass is 474 g/mol. The molecule has 1 N–H and O–H groups in total. The maximum atomic E-state index is 13.1. The average molecular weight is 475 g/mol. The Balaban J connectivity index is 1.45. The van der Waals surface area contributed by atoms with E-state index in [0.29, 0.717) is 17.1 Å². The van der Waals surface area contributed by atoms with Crippen LogP contribution in [0, 0.1) is 10.1 Å². The molecule has 0 atom stereocenters. The Bertz CT molecular complexity index is 1360. The minimum Gasteiger partial charge on any atom is -0.495 e. The van der Waals surface area contributed by atoms with Crippen LogP contribution in [-0.2, 0) is 0 Å². The van der Waals surface area contributed by atoms with Gasteiger partial charge in [-0.2, -0.15) is 0 Å². The molecule has 0 aliphatic carbocycles. The number of thiazole rings is 1. The molecule has 2 heterocycles. The molecule has 0 bridgehead atoms. The first kappa shape index (κ1) is 21.8. The van der Waals surface area contributed by atoms with Crippen molar-refractivity contribution >= 4 is 44.5 Å². The molecular formula is C25H22N4O4S. The van der Waals surface area contributed by atoms with E-state index >= 15 is 0 Å². The van der Waals surface area contributed by atoms with Crippen molar-refractivity contribution in [1.29, 1.82) is 0 Å². The van der Waals surface area contributed by atoms with Gasteiger partial charge in [0.1, 0.15) is 16.4 Å². The number of hydrogen-bond acceptors (Lipinski definition) is 7. The van der Waals surface area contributed by atoms with E-state index in [1.807, 2.05) is 41.3 Å². The van der Waals surface area contributed by atoms with Crippen molar-refractivity contribution in [2.24, 2.45) is 0 Å². The molecule has 8 nitrogen and oxygen atoms in total. The summed E-state index contributed by atoms with van der Waals surface area (Å²) in [5.41, 5.74) is 2.92. The fraction of sp³-hybridized carbons (Fsp3) is 0.200. The number of fused-ring (bicyclic) bond motifs is 1. The highest BCUT2D eigenvalue weighted by molar-refractivity contribution is 7.21. The minimum atomic E-state index is -0.448. The van der Waals surface area contributed by atoms with E-state index in [4.69, 9.17) is 4.74 Å². The Hall–Kier alpha value is -3.98. The smallest absolute Gasteiger partial charge is 0.293 e. The fourth-order valence-corrected chi connectivity index (χ4v) is 5.13. The van der Waals surface area contributed by atoms with Crippen molar-refractivity contribution in [2.45, 2.75) is 12.8 Å². The number of aromatic nitrogens is 1. The summed E-state index contributed by atoms with van der Waals surface area (Å²) in [6, 6.07) is 18.0. The lowest BCUT2D eigenvalue weighted by atomic mass is 10.1. The van der Waals surface area contributed by atoms with Crippen LogP contribution in [0.3, 0.4) is 0 Å². The first-order chi connectivity index (χ1) is 16.5. The molecule has 1 saturated heterocycles. The number of carbonyl (C=O) groups is 1. The Morgan fingerprint density at radius 1 is 1.12 bits per heavy atom. The summed E-state index contributed by atoms with van der Waals surface area (Å²) in [6.45, 7) is 1.56. The first-order valence-electron chi connectivity index (χ1n) is 10.9. The third-order valence-corrected chi connectivity index (χ3v) is 6.96.